The zero-order valence-corrected chi connectivity index (χ0v) is 6.92. The van der Waals surface area contributed by atoms with Crippen LogP contribution in [-0.4, -0.2) is 0 Å². The number of nitrogens with two attached hydrogens (primary N) is 1. The SMILES string of the molecule is C=C(N)c1cc(C(C)C)co1. The molecule has 1 heterocycles. The van der Waals surface area contributed by atoms with Gasteiger partial charge in [-0.15, -0.1) is 0 Å². The molecule has 0 radical (unpaired) electrons. The first-order valence-corrected chi connectivity index (χ1v) is 3.64. The van der Waals surface area contributed by atoms with E-state index >= 15 is 0 Å². The van der Waals surface area contributed by atoms with Gasteiger partial charge in [0, 0.05) is 0 Å². The van der Waals surface area contributed by atoms with Gasteiger partial charge in [0.15, 0.2) is 0 Å². The first-order valence-electron chi connectivity index (χ1n) is 3.64. The topological polar surface area (TPSA) is 39.2 Å². The molecule has 1 aromatic rings. The van der Waals surface area contributed by atoms with Gasteiger partial charge in [0.05, 0.1) is 12.0 Å². The second-order valence-corrected chi connectivity index (χ2v) is 2.92. The summed E-state index contributed by atoms with van der Waals surface area (Å²) in [4.78, 5) is 0. The Morgan fingerprint density at radius 3 is 2.55 bits per heavy atom. The Morgan fingerprint density at radius 2 is 2.27 bits per heavy atom. The van der Waals surface area contributed by atoms with Gasteiger partial charge >= 0.3 is 0 Å². The number of hydrogen-bond acceptors (Lipinski definition) is 2. The van der Waals surface area contributed by atoms with Crippen molar-refractivity contribution in [1.82, 2.24) is 0 Å². The summed E-state index contributed by atoms with van der Waals surface area (Å²) in [5, 5.41) is 0. The molecule has 0 aromatic carbocycles. The van der Waals surface area contributed by atoms with Crippen molar-refractivity contribution in [3.63, 3.8) is 0 Å². The highest BCUT2D eigenvalue weighted by atomic mass is 16.3. The maximum absolute atomic E-state index is 5.44. The van der Waals surface area contributed by atoms with E-state index in [0.717, 1.165) is 5.56 Å². The summed E-state index contributed by atoms with van der Waals surface area (Å²) in [6.45, 7) is 7.79. The van der Waals surface area contributed by atoms with Gasteiger partial charge in [0.2, 0.25) is 0 Å². The van der Waals surface area contributed by atoms with E-state index in [-0.39, 0.29) is 0 Å². The van der Waals surface area contributed by atoms with Crippen molar-refractivity contribution in [1.29, 1.82) is 0 Å². The summed E-state index contributed by atoms with van der Waals surface area (Å²) in [7, 11) is 0. The molecule has 1 rings (SSSR count). The fourth-order valence-electron chi connectivity index (χ4n) is 0.822. The minimum absolute atomic E-state index is 0.479. The van der Waals surface area contributed by atoms with Gasteiger partial charge in [0.25, 0.3) is 0 Å². The lowest BCUT2D eigenvalue weighted by atomic mass is 10.1. The number of furan rings is 1. The molecule has 0 bridgehead atoms. The minimum Gasteiger partial charge on any atom is -0.463 e. The third kappa shape index (κ3) is 1.64. The van der Waals surface area contributed by atoms with Gasteiger partial charge in [0.1, 0.15) is 5.76 Å². The molecule has 60 valence electrons. The Kier molecular flexibility index (Phi) is 2.03. The second-order valence-electron chi connectivity index (χ2n) is 2.92. The van der Waals surface area contributed by atoms with Gasteiger partial charge < -0.3 is 10.2 Å². The molecule has 0 aliphatic rings. The van der Waals surface area contributed by atoms with Gasteiger partial charge in [-0.1, -0.05) is 20.4 Å². The largest absolute Gasteiger partial charge is 0.463 e. The van der Waals surface area contributed by atoms with E-state index in [4.69, 9.17) is 10.2 Å². The highest BCUT2D eigenvalue weighted by molar-refractivity contribution is 5.55. The van der Waals surface area contributed by atoms with E-state index in [0.29, 0.717) is 17.4 Å². The molecule has 1 aromatic heterocycles. The van der Waals surface area contributed by atoms with Crippen LogP contribution in [-0.2, 0) is 0 Å². The van der Waals surface area contributed by atoms with Crippen molar-refractivity contribution in [3.8, 4) is 0 Å². The van der Waals surface area contributed by atoms with Gasteiger partial charge in [-0.25, -0.2) is 0 Å². The average Bonchev–Trinajstić information content (AvgIpc) is 2.33. The van der Waals surface area contributed by atoms with Crippen LogP contribution in [0.2, 0.25) is 0 Å². The van der Waals surface area contributed by atoms with Crippen LogP contribution in [0.25, 0.3) is 5.70 Å². The summed E-state index contributed by atoms with van der Waals surface area (Å²) in [6.07, 6.45) is 1.72. The van der Waals surface area contributed by atoms with Crippen LogP contribution >= 0.6 is 0 Å². The first kappa shape index (κ1) is 7.92. The lowest BCUT2D eigenvalue weighted by Gasteiger charge is -1.95. The fraction of sp³-hybridized carbons (Fsp3) is 0.333. The molecule has 0 fully saturated rings. The van der Waals surface area contributed by atoms with Crippen molar-refractivity contribution in [2.24, 2.45) is 5.73 Å². The lowest BCUT2D eigenvalue weighted by molar-refractivity contribution is 0.547. The van der Waals surface area contributed by atoms with Crippen LogP contribution in [0.3, 0.4) is 0 Å². The van der Waals surface area contributed by atoms with Crippen LogP contribution in [0.4, 0.5) is 0 Å². The Balaban J connectivity index is 2.90. The Bertz CT molecular complexity index is 260. The fourth-order valence-corrected chi connectivity index (χ4v) is 0.822. The number of hydrogen-bond donors (Lipinski definition) is 1. The Morgan fingerprint density at radius 1 is 1.64 bits per heavy atom. The summed E-state index contributed by atoms with van der Waals surface area (Å²) in [6, 6.07) is 1.92. The quantitative estimate of drug-likeness (QED) is 0.704. The van der Waals surface area contributed by atoms with Crippen LogP contribution in [0.1, 0.15) is 31.1 Å². The standard InChI is InChI=1S/C9H13NO/c1-6(2)8-4-9(7(3)10)11-5-8/h4-6H,3,10H2,1-2H3. The van der Waals surface area contributed by atoms with Crippen molar-refractivity contribution in [2.75, 3.05) is 0 Å². The van der Waals surface area contributed by atoms with Crippen LogP contribution in [0.5, 0.6) is 0 Å². The third-order valence-electron chi connectivity index (χ3n) is 1.60. The molecule has 11 heavy (non-hydrogen) atoms. The Labute approximate surface area is 66.7 Å². The molecule has 0 aliphatic heterocycles. The van der Waals surface area contributed by atoms with E-state index in [1.54, 1.807) is 6.26 Å². The van der Waals surface area contributed by atoms with E-state index in [9.17, 15) is 0 Å². The molecule has 2 N–H and O–H groups in total. The maximum atomic E-state index is 5.44. The summed E-state index contributed by atoms with van der Waals surface area (Å²) in [5.74, 6) is 1.15. The minimum atomic E-state index is 0.479. The molecule has 2 heteroatoms. The molecule has 0 unspecified atom stereocenters. The van der Waals surface area contributed by atoms with E-state index in [1.807, 2.05) is 6.07 Å². The summed E-state index contributed by atoms with van der Waals surface area (Å²) >= 11 is 0. The van der Waals surface area contributed by atoms with Crippen molar-refractivity contribution >= 4 is 5.70 Å². The van der Waals surface area contributed by atoms with E-state index < -0.39 is 0 Å². The monoisotopic (exact) mass is 151 g/mol. The highest BCUT2D eigenvalue weighted by Gasteiger charge is 2.04. The zero-order chi connectivity index (χ0) is 8.43. The molecule has 0 atom stereocenters. The molecule has 0 amide bonds. The van der Waals surface area contributed by atoms with Gasteiger partial charge in [-0.05, 0) is 17.5 Å². The maximum Gasteiger partial charge on any atom is 0.149 e. The first-order chi connectivity index (χ1) is 5.11. The second kappa shape index (κ2) is 2.82. The van der Waals surface area contributed by atoms with Crippen molar-refractivity contribution in [3.05, 3.63) is 30.2 Å². The van der Waals surface area contributed by atoms with Crippen molar-refractivity contribution < 1.29 is 4.42 Å². The van der Waals surface area contributed by atoms with Gasteiger partial charge in [-0.2, -0.15) is 0 Å². The molecule has 0 spiro atoms. The van der Waals surface area contributed by atoms with Crippen LogP contribution in [0.15, 0.2) is 23.3 Å². The number of rotatable bonds is 2. The van der Waals surface area contributed by atoms with Crippen LogP contribution in [0, 0.1) is 0 Å². The van der Waals surface area contributed by atoms with Crippen molar-refractivity contribution in [2.45, 2.75) is 19.8 Å². The summed E-state index contributed by atoms with van der Waals surface area (Å²) in [5.41, 5.74) is 7.08. The molecule has 0 saturated carbocycles. The molecule has 0 saturated heterocycles. The third-order valence-corrected chi connectivity index (χ3v) is 1.60. The average molecular weight is 151 g/mol. The molecule has 0 aliphatic carbocycles. The van der Waals surface area contributed by atoms with Gasteiger partial charge in [-0.3, -0.25) is 0 Å². The molecular formula is C9H13NO. The predicted molar refractivity (Wildman–Crippen MR) is 46.0 cm³/mol. The highest BCUT2D eigenvalue weighted by Crippen LogP contribution is 2.19. The van der Waals surface area contributed by atoms with Crippen LogP contribution < -0.4 is 5.73 Å². The normalized spacial score (nSPS) is 10.5. The lowest BCUT2D eigenvalue weighted by Crippen LogP contribution is -1.90. The smallest absolute Gasteiger partial charge is 0.149 e. The predicted octanol–water partition coefficient (Wildman–Crippen LogP) is 2.33. The molecular weight excluding hydrogens is 138 g/mol. The zero-order valence-electron chi connectivity index (χ0n) is 6.92. The summed E-state index contributed by atoms with van der Waals surface area (Å²) < 4.78 is 5.16. The van der Waals surface area contributed by atoms with E-state index in [1.165, 1.54) is 0 Å². The Hall–Kier alpha value is -1.18. The van der Waals surface area contributed by atoms with E-state index in [2.05, 4.69) is 20.4 Å². The molecule has 2 nitrogen and oxygen atoms in total.